The fourth-order valence-corrected chi connectivity index (χ4v) is 0. The van der Waals surface area contributed by atoms with Crippen LogP contribution in [0.4, 0.5) is 0 Å². The molecule has 0 fully saturated rings. The van der Waals surface area contributed by atoms with Crippen LogP contribution in [0.2, 0.25) is 0 Å². The van der Waals surface area contributed by atoms with Gasteiger partial charge in [0, 0.05) is 41.3 Å². The quantitative estimate of drug-likeness (QED) is 0.315. The van der Waals surface area contributed by atoms with Crippen molar-refractivity contribution in [3.05, 3.63) is 0 Å². The third kappa shape index (κ3) is 9.23. The molecular formula is H6PrSn3. The van der Waals surface area contributed by atoms with E-state index in [9.17, 15) is 0 Å². The Labute approximate surface area is 110 Å². The third-order valence-corrected chi connectivity index (χ3v) is 0. The van der Waals surface area contributed by atoms with Crippen molar-refractivity contribution in [1.29, 1.82) is 0 Å². The van der Waals surface area contributed by atoms with Crippen molar-refractivity contribution in [2.75, 3.05) is 0 Å². The van der Waals surface area contributed by atoms with Crippen LogP contribution in [0.5, 0.6) is 0 Å². The summed E-state index contributed by atoms with van der Waals surface area (Å²) in [5.74, 6) is 0. The van der Waals surface area contributed by atoms with Crippen LogP contribution in [0.3, 0.4) is 0 Å². The van der Waals surface area contributed by atoms with E-state index in [1.54, 1.807) is 0 Å². The van der Waals surface area contributed by atoms with Gasteiger partial charge in [-0.3, -0.25) is 0 Å². The summed E-state index contributed by atoms with van der Waals surface area (Å²) < 4.78 is 0. The first-order valence-corrected chi connectivity index (χ1v) is 0. The molecule has 0 aliphatic heterocycles. The summed E-state index contributed by atoms with van der Waals surface area (Å²) in [5.41, 5.74) is 0. The van der Waals surface area contributed by atoms with Crippen LogP contribution < -0.4 is 0 Å². The molecule has 0 saturated heterocycles. The SMILES string of the molecule is [Pr].[SnH2].[SnH2].[SnH2]. The van der Waals surface area contributed by atoms with Crippen LogP contribution in [0.1, 0.15) is 0 Å². The van der Waals surface area contributed by atoms with Crippen LogP contribution in [0.25, 0.3) is 0 Å². The Hall–Kier alpha value is 3.76. The van der Waals surface area contributed by atoms with E-state index in [4.69, 9.17) is 0 Å². The molecule has 0 unspecified atom stereocenters. The first-order chi connectivity index (χ1) is 0. The van der Waals surface area contributed by atoms with E-state index >= 15 is 0 Å². The van der Waals surface area contributed by atoms with Gasteiger partial charge in [0.05, 0.1) is 0 Å². The van der Waals surface area contributed by atoms with Gasteiger partial charge >= 0.3 is 71.7 Å². The topological polar surface area (TPSA) is 0 Å². The molecule has 0 N–H and O–H groups in total. The molecule has 0 rings (SSSR count). The summed E-state index contributed by atoms with van der Waals surface area (Å²) in [6.07, 6.45) is 0. The van der Waals surface area contributed by atoms with Crippen LogP contribution >= 0.6 is 0 Å². The van der Waals surface area contributed by atoms with Gasteiger partial charge in [0.2, 0.25) is 0 Å². The fourth-order valence-electron chi connectivity index (χ4n) is 0. The minimum absolute atomic E-state index is 0. The molecule has 0 aliphatic rings. The number of rotatable bonds is 0. The van der Waals surface area contributed by atoms with Gasteiger partial charge in [-0.15, -0.1) is 0 Å². The second-order valence-electron chi connectivity index (χ2n) is 0. The third-order valence-electron chi connectivity index (χ3n) is 0. The summed E-state index contributed by atoms with van der Waals surface area (Å²) in [4.78, 5) is 0. The standard InChI is InChI=1S/Pr.3Sn.6H. The summed E-state index contributed by atoms with van der Waals surface area (Å²) in [5, 5.41) is 0. The van der Waals surface area contributed by atoms with Gasteiger partial charge in [0.1, 0.15) is 0 Å². The molecule has 7 radical (unpaired) electrons. The van der Waals surface area contributed by atoms with E-state index in [-0.39, 0.29) is 113 Å². The van der Waals surface area contributed by atoms with Crippen molar-refractivity contribution in [1.82, 2.24) is 0 Å². The first kappa shape index (κ1) is 25.1. The Balaban J connectivity index is 0. The predicted molar refractivity (Wildman–Crippen MR) is 25.6 cm³/mol. The predicted octanol–water partition coefficient (Wildman–Crippen LogP) is -2.75. The summed E-state index contributed by atoms with van der Waals surface area (Å²) in [6.45, 7) is 0. The van der Waals surface area contributed by atoms with Gasteiger partial charge in [-0.1, -0.05) is 0 Å². The van der Waals surface area contributed by atoms with Gasteiger partial charge in [0.25, 0.3) is 0 Å². The Morgan fingerprint density at radius 3 is 0.500 bits per heavy atom. The molecular weight excluding hydrogens is 497 g/mol. The van der Waals surface area contributed by atoms with Crippen LogP contribution in [-0.4, -0.2) is 71.7 Å². The Bertz CT molecular complexity index is 3.25. The van der Waals surface area contributed by atoms with Crippen LogP contribution in [0.15, 0.2) is 0 Å². The molecule has 0 spiro atoms. The van der Waals surface area contributed by atoms with E-state index in [2.05, 4.69) is 0 Å². The molecule has 0 aliphatic carbocycles. The zero-order valence-corrected chi connectivity index (χ0v) is 18.5. The molecule has 21 valence electrons. The molecule has 0 aromatic rings. The molecule has 0 heterocycles. The summed E-state index contributed by atoms with van der Waals surface area (Å²) in [6, 6.07) is 0. The zero-order chi connectivity index (χ0) is 0. The minimum atomic E-state index is 0. The van der Waals surface area contributed by atoms with Crippen molar-refractivity contribution < 1.29 is 41.3 Å². The van der Waals surface area contributed by atoms with Crippen molar-refractivity contribution in [2.24, 2.45) is 0 Å². The molecule has 4 heteroatoms. The molecule has 4 heavy (non-hydrogen) atoms. The molecule has 0 nitrogen and oxygen atoms in total. The average molecular weight is 503 g/mol. The van der Waals surface area contributed by atoms with Gasteiger partial charge in [0.15, 0.2) is 0 Å². The van der Waals surface area contributed by atoms with Crippen molar-refractivity contribution in [3.8, 4) is 0 Å². The van der Waals surface area contributed by atoms with Gasteiger partial charge in [-0.25, -0.2) is 0 Å². The fraction of sp³-hybridized carbons (Fsp3) is 0. The van der Waals surface area contributed by atoms with Gasteiger partial charge in [-0.05, 0) is 0 Å². The van der Waals surface area contributed by atoms with Gasteiger partial charge < -0.3 is 0 Å². The average Bonchev–Trinajstić information content (AvgIpc) is 0. The Morgan fingerprint density at radius 1 is 0.500 bits per heavy atom. The number of hydrogen-bond donors (Lipinski definition) is 0. The molecule has 0 aromatic carbocycles. The van der Waals surface area contributed by atoms with Gasteiger partial charge in [-0.2, -0.15) is 0 Å². The Morgan fingerprint density at radius 2 is 0.500 bits per heavy atom. The molecule has 0 amide bonds. The van der Waals surface area contributed by atoms with E-state index in [0.717, 1.165) is 0 Å². The van der Waals surface area contributed by atoms with Crippen LogP contribution in [0, 0.1) is 41.3 Å². The molecule has 0 aromatic heterocycles. The monoisotopic (exact) mass is 507 g/mol. The molecule has 0 saturated carbocycles. The van der Waals surface area contributed by atoms with E-state index in [1.807, 2.05) is 0 Å². The number of hydrogen-bond acceptors (Lipinski definition) is 0. The van der Waals surface area contributed by atoms with Crippen molar-refractivity contribution in [2.45, 2.75) is 0 Å². The van der Waals surface area contributed by atoms with Crippen LogP contribution in [-0.2, 0) is 0 Å². The van der Waals surface area contributed by atoms with E-state index in [0.29, 0.717) is 0 Å². The maximum atomic E-state index is 0. The normalized spacial score (nSPS) is 0. The van der Waals surface area contributed by atoms with E-state index < -0.39 is 0 Å². The molecule has 0 bridgehead atoms. The second kappa shape index (κ2) is 15.9. The van der Waals surface area contributed by atoms with Crippen molar-refractivity contribution in [3.63, 3.8) is 0 Å². The Kier molecular flexibility index (Phi) is 99.5. The summed E-state index contributed by atoms with van der Waals surface area (Å²) in [7, 11) is 0. The maximum absolute atomic E-state index is 0. The zero-order valence-electron chi connectivity index (χ0n) is 2.70. The molecule has 0 atom stereocenters. The second-order valence-corrected chi connectivity index (χ2v) is 0. The van der Waals surface area contributed by atoms with E-state index in [1.165, 1.54) is 0 Å². The first-order valence-electron chi connectivity index (χ1n) is 0. The van der Waals surface area contributed by atoms with Crippen molar-refractivity contribution >= 4 is 71.7 Å². The summed E-state index contributed by atoms with van der Waals surface area (Å²) >= 11 is 0.